The molecular formula is C19H22N6O. The minimum atomic E-state index is 0.250. The molecule has 0 unspecified atom stereocenters. The van der Waals surface area contributed by atoms with Gasteiger partial charge in [-0.15, -0.1) is 0 Å². The van der Waals surface area contributed by atoms with Crippen LogP contribution >= 0.6 is 0 Å². The Balaban J connectivity index is 0.000000613. The van der Waals surface area contributed by atoms with Gasteiger partial charge in [0.1, 0.15) is 11.7 Å². The number of benzene rings is 2. The van der Waals surface area contributed by atoms with E-state index in [-0.39, 0.29) is 6.41 Å². The van der Waals surface area contributed by atoms with Gasteiger partial charge in [-0.2, -0.15) is 0 Å². The molecule has 4 rings (SSSR count). The van der Waals surface area contributed by atoms with Crippen LogP contribution in [0.25, 0.3) is 0 Å². The summed E-state index contributed by atoms with van der Waals surface area (Å²) >= 11 is 0. The third kappa shape index (κ3) is 4.38. The van der Waals surface area contributed by atoms with Crippen LogP contribution in [0.3, 0.4) is 0 Å². The second-order valence-corrected chi connectivity index (χ2v) is 5.74. The second kappa shape index (κ2) is 8.66. The summed E-state index contributed by atoms with van der Waals surface area (Å²) in [4.78, 5) is 17.5. The minimum Gasteiger partial charge on any atom is -0.372 e. The van der Waals surface area contributed by atoms with Crippen molar-refractivity contribution in [1.29, 1.82) is 0 Å². The number of hydrogen-bond acceptors (Lipinski definition) is 6. The quantitative estimate of drug-likeness (QED) is 0.623. The van der Waals surface area contributed by atoms with Gasteiger partial charge in [0.15, 0.2) is 0 Å². The summed E-state index contributed by atoms with van der Waals surface area (Å²) in [5, 5.41) is 10.1. The molecule has 0 aromatic heterocycles. The number of hydrogen-bond donors (Lipinski definition) is 4. The molecule has 0 radical (unpaired) electrons. The van der Waals surface area contributed by atoms with Gasteiger partial charge >= 0.3 is 0 Å². The number of nitrogens with zero attached hydrogens (tertiary/aromatic N) is 2. The van der Waals surface area contributed by atoms with E-state index < -0.39 is 0 Å². The Labute approximate surface area is 152 Å². The van der Waals surface area contributed by atoms with Gasteiger partial charge in [-0.25, -0.2) is 0 Å². The Kier molecular flexibility index (Phi) is 5.82. The van der Waals surface area contributed by atoms with Crippen LogP contribution < -0.4 is 21.7 Å². The Morgan fingerprint density at radius 2 is 1.35 bits per heavy atom. The lowest BCUT2D eigenvalue weighted by molar-refractivity contribution is -0.106. The third-order valence-electron chi connectivity index (χ3n) is 3.91. The van der Waals surface area contributed by atoms with Gasteiger partial charge in [0.2, 0.25) is 6.41 Å². The molecule has 0 fully saturated rings. The number of carbonyl (C=O) groups excluding carboxylic acids is 1. The first-order chi connectivity index (χ1) is 12.8. The fraction of sp³-hybridized carbons (Fsp3) is 0.211. The van der Waals surface area contributed by atoms with Gasteiger partial charge in [-0.3, -0.25) is 14.8 Å². The molecule has 1 amide bonds. The number of aliphatic imine (C=N–C) groups is 2. The van der Waals surface area contributed by atoms with E-state index in [1.807, 2.05) is 12.1 Å². The fourth-order valence-corrected chi connectivity index (χ4v) is 2.84. The van der Waals surface area contributed by atoms with Crippen molar-refractivity contribution in [1.82, 2.24) is 10.6 Å². The standard InChI is InChI=1S/C18H19N5.CH3NO/c1-3-13(17-19-7-8-20-17)11-15(5-1)23-16-6-2-4-14(12-16)18-21-9-10-22-18;2-1-3/h1-6,11-12,23H,7-10H2,(H,19,20)(H,21,22);1H,(H2,2,3). The van der Waals surface area contributed by atoms with Gasteiger partial charge in [0.05, 0.1) is 13.1 Å². The van der Waals surface area contributed by atoms with E-state index in [4.69, 9.17) is 4.79 Å². The molecule has 2 aromatic carbocycles. The zero-order valence-corrected chi connectivity index (χ0v) is 14.4. The van der Waals surface area contributed by atoms with E-state index in [1.54, 1.807) is 0 Å². The Hall–Kier alpha value is -3.35. The fourth-order valence-electron chi connectivity index (χ4n) is 2.84. The number of anilines is 2. The average Bonchev–Trinajstić information content (AvgIpc) is 3.37. The summed E-state index contributed by atoms with van der Waals surface area (Å²) in [5.74, 6) is 1.96. The van der Waals surface area contributed by atoms with Crippen LogP contribution in [0.1, 0.15) is 11.1 Å². The molecule has 2 heterocycles. The minimum absolute atomic E-state index is 0.250. The first-order valence-corrected chi connectivity index (χ1v) is 8.50. The van der Waals surface area contributed by atoms with Crippen LogP contribution in [-0.4, -0.2) is 44.3 Å². The lowest BCUT2D eigenvalue weighted by Gasteiger charge is -2.10. The average molecular weight is 350 g/mol. The van der Waals surface area contributed by atoms with Crippen LogP contribution in [0.15, 0.2) is 58.5 Å². The van der Waals surface area contributed by atoms with Crippen LogP contribution in [0.2, 0.25) is 0 Å². The maximum atomic E-state index is 8.58. The first-order valence-electron chi connectivity index (χ1n) is 8.50. The van der Waals surface area contributed by atoms with Crippen molar-refractivity contribution in [2.75, 3.05) is 31.5 Å². The molecule has 7 heteroatoms. The Bertz CT molecular complexity index is 765. The molecule has 0 spiro atoms. The highest BCUT2D eigenvalue weighted by Gasteiger charge is 2.10. The van der Waals surface area contributed by atoms with Gasteiger partial charge in [-0.1, -0.05) is 24.3 Å². The van der Waals surface area contributed by atoms with Crippen LogP contribution in [0.4, 0.5) is 11.4 Å². The smallest absolute Gasteiger partial charge is 0.204 e. The maximum Gasteiger partial charge on any atom is 0.204 e. The summed E-state index contributed by atoms with van der Waals surface area (Å²) in [6.45, 7) is 3.54. The highest BCUT2D eigenvalue weighted by atomic mass is 16.1. The predicted molar refractivity (Wildman–Crippen MR) is 105 cm³/mol. The van der Waals surface area contributed by atoms with E-state index in [0.29, 0.717) is 0 Å². The monoisotopic (exact) mass is 350 g/mol. The molecule has 5 N–H and O–H groups in total. The third-order valence-corrected chi connectivity index (χ3v) is 3.91. The lowest BCUT2D eigenvalue weighted by Crippen LogP contribution is -2.19. The molecule has 2 aliphatic rings. The second-order valence-electron chi connectivity index (χ2n) is 5.74. The molecule has 2 aromatic rings. The molecule has 0 atom stereocenters. The van der Waals surface area contributed by atoms with Crippen molar-refractivity contribution in [2.45, 2.75) is 0 Å². The summed E-state index contributed by atoms with van der Waals surface area (Å²) in [5.41, 5.74) is 8.51. The molecular weight excluding hydrogens is 328 g/mol. The highest BCUT2D eigenvalue weighted by molar-refractivity contribution is 6.01. The molecule has 0 saturated carbocycles. The summed E-state index contributed by atoms with van der Waals surface area (Å²) in [7, 11) is 0. The van der Waals surface area contributed by atoms with Crippen molar-refractivity contribution < 1.29 is 4.79 Å². The normalized spacial score (nSPS) is 14.9. The number of nitrogens with two attached hydrogens (primary N) is 1. The predicted octanol–water partition coefficient (Wildman–Crippen LogP) is 1.23. The lowest BCUT2D eigenvalue weighted by atomic mass is 10.1. The molecule has 0 bridgehead atoms. The summed E-state index contributed by atoms with van der Waals surface area (Å²) in [6, 6.07) is 16.6. The molecule has 26 heavy (non-hydrogen) atoms. The zero-order chi connectivity index (χ0) is 18.2. The van der Waals surface area contributed by atoms with Crippen molar-refractivity contribution in [2.24, 2.45) is 15.7 Å². The SMILES string of the molecule is NC=O.c1cc(Nc2cccc(C3=NCCN3)c2)cc(C2=NCCN2)c1. The molecule has 134 valence electrons. The van der Waals surface area contributed by atoms with Gasteiger partial charge in [0, 0.05) is 35.6 Å². The molecule has 0 aliphatic carbocycles. The van der Waals surface area contributed by atoms with Crippen LogP contribution in [-0.2, 0) is 4.79 Å². The van der Waals surface area contributed by atoms with E-state index in [1.165, 1.54) is 0 Å². The van der Waals surface area contributed by atoms with Crippen molar-refractivity contribution in [3.8, 4) is 0 Å². The van der Waals surface area contributed by atoms with E-state index in [9.17, 15) is 0 Å². The Morgan fingerprint density at radius 3 is 1.73 bits per heavy atom. The molecule has 0 saturated heterocycles. The molecule has 7 nitrogen and oxygen atoms in total. The number of amides is 1. The van der Waals surface area contributed by atoms with Crippen molar-refractivity contribution in [3.63, 3.8) is 0 Å². The van der Waals surface area contributed by atoms with E-state index in [2.05, 4.69) is 68.1 Å². The zero-order valence-electron chi connectivity index (χ0n) is 14.4. The first kappa shape index (κ1) is 17.5. The van der Waals surface area contributed by atoms with E-state index >= 15 is 0 Å². The number of carbonyl (C=O) groups is 1. The summed E-state index contributed by atoms with van der Waals surface area (Å²) < 4.78 is 0. The number of rotatable bonds is 4. The summed E-state index contributed by atoms with van der Waals surface area (Å²) in [6.07, 6.45) is 0.250. The highest BCUT2D eigenvalue weighted by Crippen LogP contribution is 2.20. The van der Waals surface area contributed by atoms with Crippen LogP contribution in [0.5, 0.6) is 0 Å². The number of primary amides is 1. The molecule has 2 aliphatic heterocycles. The number of amidine groups is 2. The Morgan fingerprint density at radius 1 is 0.885 bits per heavy atom. The van der Waals surface area contributed by atoms with Crippen molar-refractivity contribution >= 4 is 29.5 Å². The maximum absolute atomic E-state index is 8.58. The number of nitrogens with one attached hydrogen (secondary N) is 3. The van der Waals surface area contributed by atoms with E-state index in [0.717, 1.165) is 60.4 Å². The van der Waals surface area contributed by atoms with Gasteiger partial charge in [-0.05, 0) is 24.3 Å². The van der Waals surface area contributed by atoms with Crippen molar-refractivity contribution in [3.05, 3.63) is 59.7 Å². The topological polar surface area (TPSA) is 104 Å². The van der Waals surface area contributed by atoms with Gasteiger partial charge < -0.3 is 21.7 Å². The largest absolute Gasteiger partial charge is 0.372 e. The van der Waals surface area contributed by atoms with Crippen LogP contribution in [0, 0.1) is 0 Å². The van der Waals surface area contributed by atoms with Gasteiger partial charge in [0.25, 0.3) is 0 Å².